The van der Waals surface area contributed by atoms with Gasteiger partial charge < -0.3 is 10.1 Å². The summed E-state index contributed by atoms with van der Waals surface area (Å²) >= 11 is 6.20. The average Bonchev–Trinajstić information content (AvgIpc) is 2.69. The number of ether oxygens (including phenoxy) is 1. The summed E-state index contributed by atoms with van der Waals surface area (Å²) < 4.78 is 6.41. The highest BCUT2D eigenvalue weighted by atomic mass is 35.5. The van der Waals surface area contributed by atoms with Crippen molar-refractivity contribution in [3.8, 4) is 0 Å². The van der Waals surface area contributed by atoms with E-state index in [1.54, 1.807) is 44.2 Å². The molecule has 0 saturated heterocycles. The third-order valence-electron chi connectivity index (χ3n) is 4.54. The zero-order chi connectivity index (χ0) is 22.0. The molecule has 1 N–H and O–H groups in total. The summed E-state index contributed by atoms with van der Waals surface area (Å²) in [7, 11) is 0. The molecule has 0 fully saturated rings. The Morgan fingerprint density at radius 2 is 1.83 bits per heavy atom. The number of halogens is 1. The van der Waals surface area contributed by atoms with Crippen LogP contribution >= 0.6 is 11.6 Å². The molecule has 1 amide bonds. The standard InChI is InChI=1S/C22H22ClN3O4/c1-12(2)26-21(28)16-8-6-5-7-15(16)20(25-26)22(29)30-11-18(27)24-19-14(4)9-13(3)10-17(19)23/h5-10,12H,11H2,1-4H3,(H,24,27). The van der Waals surface area contributed by atoms with Crippen molar-refractivity contribution in [3.63, 3.8) is 0 Å². The minimum Gasteiger partial charge on any atom is -0.451 e. The number of aryl methyl sites for hydroxylation is 2. The molecule has 3 rings (SSSR count). The van der Waals surface area contributed by atoms with E-state index in [1.165, 1.54) is 4.68 Å². The minimum absolute atomic E-state index is 0.0174. The van der Waals surface area contributed by atoms with Crippen LogP contribution in [-0.2, 0) is 9.53 Å². The number of nitrogens with zero attached hydrogens (tertiary/aromatic N) is 2. The van der Waals surface area contributed by atoms with Crippen molar-refractivity contribution in [1.29, 1.82) is 0 Å². The number of nitrogens with one attached hydrogen (secondary N) is 1. The molecule has 0 unspecified atom stereocenters. The van der Waals surface area contributed by atoms with Crippen molar-refractivity contribution in [2.24, 2.45) is 0 Å². The number of anilines is 1. The normalized spacial score (nSPS) is 11.0. The van der Waals surface area contributed by atoms with E-state index < -0.39 is 18.5 Å². The number of esters is 1. The molecule has 0 bridgehead atoms. The fourth-order valence-corrected chi connectivity index (χ4v) is 3.52. The van der Waals surface area contributed by atoms with Gasteiger partial charge in [-0.25, -0.2) is 9.48 Å². The summed E-state index contributed by atoms with van der Waals surface area (Å²) in [5, 5.41) is 7.99. The van der Waals surface area contributed by atoms with Gasteiger partial charge in [0.25, 0.3) is 11.5 Å². The summed E-state index contributed by atoms with van der Waals surface area (Å²) in [6.45, 7) is 6.80. The lowest BCUT2D eigenvalue weighted by molar-refractivity contribution is -0.119. The smallest absolute Gasteiger partial charge is 0.359 e. The molecule has 0 aliphatic rings. The van der Waals surface area contributed by atoms with Gasteiger partial charge in [0.2, 0.25) is 0 Å². The molecule has 8 heteroatoms. The first-order valence-electron chi connectivity index (χ1n) is 9.44. The van der Waals surface area contributed by atoms with E-state index in [0.717, 1.165) is 11.1 Å². The average molecular weight is 428 g/mol. The van der Waals surface area contributed by atoms with Gasteiger partial charge >= 0.3 is 5.97 Å². The SMILES string of the molecule is Cc1cc(C)c(NC(=O)COC(=O)c2nn(C(C)C)c(=O)c3ccccc23)c(Cl)c1. The molecule has 0 atom stereocenters. The Labute approximate surface area is 178 Å². The number of aromatic nitrogens is 2. The highest BCUT2D eigenvalue weighted by molar-refractivity contribution is 6.34. The second-order valence-corrected chi connectivity index (χ2v) is 7.71. The van der Waals surface area contributed by atoms with Crippen molar-refractivity contribution in [2.45, 2.75) is 33.7 Å². The second-order valence-electron chi connectivity index (χ2n) is 7.30. The van der Waals surface area contributed by atoms with Crippen molar-refractivity contribution >= 4 is 39.9 Å². The molecule has 0 spiro atoms. The molecule has 0 aliphatic carbocycles. The third-order valence-corrected chi connectivity index (χ3v) is 4.84. The quantitative estimate of drug-likeness (QED) is 0.620. The monoisotopic (exact) mass is 427 g/mol. The molecule has 156 valence electrons. The van der Waals surface area contributed by atoms with Crippen molar-refractivity contribution in [2.75, 3.05) is 11.9 Å². The van der Waals surface area contributed by atoms with Gasteiger partial charge in [-0.3, -0.25) is 9.59 Å². The Morgan fingerprint density at radius 1 is 1.17 bits per heavy atom. The summed E-state index contributed by atoms with van der Waals surface area (Å²) in [5.41, 5.74) is 1.94. The number of carbonyl (C=O) groups excluding carboxylic acids is 2. The molecular formula is C22H22ClN3O4. The Morgan fingerprint density at radius 3 is 2.47 bits per heavy atom. The highest BCUT2D eigenvalue weighted by Crippen LogP contribution is 2.27. The number of hydrogen-bond donors (Lipinski definition) is 1. The molecule has 1 heterocycles. The number of fused-ring (bicyclic) bond motifs is 1. The van der Waals surface area contributed by atoms with E-state index in [1.807, 2.05) is 19.9 Å². The molecule has 7 nitrogen and oxygen atoms in total. The maximum absolute atomic E-state index is 12.7. The van der Waals surface area contributed by atoms with Gasteiger partial charge in [-0.05, 0) is 51.0 Å². The lowest BCUT2D eigenvalue weighted by Gasteiger charge is -2.14. The second kappa shape index (κ2) is 8.67. The topological polar surface area (TPSA) is 90.3 Å². The summed E-state index contributed by atoms with van der Waals surface area (Å²) in [4.78, 5) is 37.6. The minimum atomic E-state index is -0.789. The van der Waals surface area contributed by atoms with E-state index in [2.05, 4.69) is 10.4 Å². The number of rotatable bonds is 5. The molecule has 2 aromatic carbocycles. The Bertz CT molecular complexity index is 1180. The molecule has 0 aliphatic heterocycles. The Hall–Kier alpha value is -3.19. The van der Waals surface area contributed by atoms with E-state index >= 15 is 0 Å². The molecule has 0 radical (unpaired) electrons. The number of benzene rings is 2. The fourth-order valence-electron chi connectivity index (χ4n) is 3.16. The lowest BCUT2D eigenvalue weighted by atomic mass is 10.1. The Balaban J connectivity index is 1.82. The first kappa shape index (κ1) is 21.5. The Kier molecular flexibility index (Phi) is 6.22. The van der Waals surface area contributed by atoms with E-state index in [9.17, 15) is 14.4 Å². The summed E-state index contributed by atoms with van der Waals surface area (Å²) in [5.74, 6) is -1.32. The van der Waals surface area contributed by atoms with Crippen LogP contribution in [0.25, 0.3) is 10.8 Å². The van der Waals surface area contributed by atoms with Crippen LogP contribution in [0.3, 0.4) is 0 Å². The highest BCUT2D eigenvalue weighted by Gasteiger charge is 2.20. The van der Waals surface area contributed by atoms with Gasteiger partial charge in [-0.15, -0.1) is 0 Å². The van der Waals surface area contributed by atoms with Crippen molar-refractivity contribution in [1.82, 2.24) is 9.78 Å². The first-order chi connectivity index (χ1) is 14.2. The molecular weight excluding hydrogens is 406 g/mol. The van der Waals surface area contributed by atoms with Crippen LogP contribution in [0.15, 0.2) is 41.2 Å². The van der Waals surface area contributed by atoms with Gasteiger partial charge in [0.05, 0.1) is 22.1 Å². The number of amides is 1. The largest absolute Gasteiger partial charge is 0.451 e. The van der Waals surface area contributed by atoms with Crippen LogP contribution in [0.5, 0.6) is 0 Å². The maximum atomic E-state index is 12.7. The molecule has 1 aromatic heterocycles. The van der Waals surface area contributed by atoms with E-state index in [-0.39, 0.29) is 17.3 Å². The molecule has 0 saturated carbocycles. The van der Waals surface area contributed by atoms with Crippen LogP contribution < -0.4 is 10.9 Å². The molecule has 30 heavy (non-hydrogen) atoms. The molecule has 3 aromatic rings. The van der Waals surface area contributed by atoms with Crippen LogP contribution in [0.1, 0.15) is 41.5 Å². The van der Waals surface area contributed by atoms with Crippen LogP contribution in [0.4, 0.5) is 5.69 Å². The van der Waals surface area contributed by atoms with Crippen LogP contribution in [0, 0.1) is 13.8 Å². The van der Waals surface area contributed by atoms with Gasteiger partial charge in [0.15, 0.2) is 12.3 Å². The predicted octanol–water partition coefficient (Wildman–Crippen LogP) is 4.04. The van der Waals surface area contributed by atoms with E-state index in [4.69, 9.17) is 16.3 Å². The maximum Gasteiger partial charge on any atom is 0.359 e. The first-order valence-corrected chi connectivity index (χ1v) is 9.82. The summed E-state index contributed by atoms with van der Waals surface area (Å²) in [6.07, 6.45) is 0. The zero-order valence-electron chi connectivity index (χ0n) is 17.2. The van der Waals surface area contributed by atoms with Crippen molar-refractivity contribution < 1.29 is 14.3 Å². The lowest BCUT2D eigenvalue weighted by Crippen LogP contribution is -2.29. The van der Waals surface area contributed by atoms with E-state index in [0.29, 0.717) is 21.5 Å². The fraction of sp³-hybridized carbons (Fsp3) is 0.273. The predicted molar refractivity (Wildman–Crippen MR) is 116 cm³/mol. The van der Waals surface area contributed by atoms with Gasteiger partial charge in [-0.2, -0.15) is 5.10 Å². The van der Waals surface area contributed by atoms with Crippen LogP contribution in [-0.4, -0.2) is 28.3 Å². The van der Waals surface area contributed by atoms with Gasteiger partial charge in [0, 0.05) is 5.39 Å². The third kappa shape index (κ3) is 4.36. The van der Waals surface area contributed by atoms with Crippen molar-refractivity contribution in [3.05, 3.63) is 68.6 Å². The summed E-state index contributed by atoms with van der Waals surface area (Å²) in [6, 6.07) is 10.0. The van der Waals surface area contributed by atoms with Crippen LogP contribution in [0.2, 0.25) is 5.02 Å². The number of hydrogen-bond acceptors (Lipinski definition) is 5. The number of carbonyl (C=O) groups is 2. The van der Waals surface area contributed by atoms with Gasteiger partial charge in [-0.1, -0.05) is 35.9 Å². The van der Waals surface area contributed by atoms with Gasteiger partial charge in [0.1, 0.15) is 0 Å². The zero-order valence-corrected chi connectivity index (χ0v) is 17.9.